The van der Waals surface area contributed by atoms with E-state index in [4.69, 9.17) is 0 Å². The van der Waals surface area contributed by atoms with Gasteiger partial charge in [0.1, 0.15) is 23.2 Å². The number of nitrogens with zero attached hydrogens (tertiary/aromatic N) is 3. The fourth-order valence-corrected chi connectivity index (χ4v) is 3.27. The van der Waals surface area contributed by atoms with Crippen LogP contribution < -0.4 is 5.32 Å². The van der Waals surface area contributed by atoms with Crippen LogP contribution in [0, 0.1) is 17.7 Å². The second-order valence-electron chi connectivity index (χ2n) is 6.09. The zero-order chi connectivity index (χ0) is 17.6. The Hall–Kier alpha value is -3.14. The van der Waals surface area contributed by atoms with Crippen molar-refractivity contribution in [1.29, 1.82) is 0 Å². The SMILES string of the molecule is CNc1[nH]nc(C#Cc2cc3nc4n(c3cc2F)C(C)CC4)c1C=O. The maximum Gasteiger partial charge on any atom is 0.156 e. The molecular formula is C18H16FN5O. The molecule has 6 nitrogen and oxygen atoms in total. The Kier molecular flexibility index (Phi) is 3.53. The number of hydrogen-bond donors (Lipinski definition) is 2. The number of aryl methyl sites for hydroxylation is 1. The van der Waals surface area contributed by atoms with E-state index in [0.717, 1.165) is 29.7 Å². The smallest absolute Gasteiger partial charge is 0.156 e. The molecule has 0 amide bonds. The van der Waals surface area contributed by atoms with Crippen molar-refractivity contribution in [3.63, 3.8) is 0 Å². The molecule has 0 fully saturated rings. The number of H-pyrrole nitrogens is 1. The number of hydrogen-bond acceptors (Lipinski definition) is 4. The van der Waals surface area contributed by atoms with Crippen LogP contribution in [0.15, 0.2) is 12.1 Å². The second-order valence-corrected chi connectivity index (χ2v) is 6.09. The summed E-state index contributed by atoms with van der Waals surface area (Å²) >= 11 is 0. The summed E-state index contributed by atoms with van der Waals surface area (Å²) in [6, 6.07) is 3.47. The molecule has 0 radical (unpaired) electrons. The van der Waals surface area contributed by atoms with Gasteiger partial charge in [-0.15, -0.1) is 0 Å². The predicted octanol–water partition coefficient (Wildman–Crippen LogP) is 2.66. The van der Waals surface area contributed by atoms with Crippen molar-refractivity contribution in [2.24, 2.45) is 0 Å². The van der Waals surface area contributed by atoms with E-state index in [-0.39, 0.29) is 11.3 Å². The van der Waals surface area contributed by atoms with Gasteiger partial charge in [0, 0.05) is 25.6 Å². The minimum atomic E-state index is -0.404. The third kappa shape index (κ3) is 2.38. The first-order chi connectivity index (χ1) is 12.1. The van der Waals surface area contributed by atoms with Gasteiger partial charge in [-0.2, -0.15) is 5.10 Å². The van der Waals surface area contributed by atoms with E-state index in [1.54, 1.807) is 13.1 Å². The van der Waals surface area contributed by atoms with Crippen LogP contribution in [0.25, 0.3) is 11.0 Å². The Morgan fingerprint density at radius 2 is 2.28 bits per heavy atom. The quantitative estimate of drug-likeness (QED) is 0.557. The number of aromatic nitrogens is 4. The molecule has 2 N–H and O–H groups in total. The standard InChI is InChI=1S/C18H16FN5O/c1-10-3-6-17-21-15-7-11(13(19)8-16(15)24(10)17)4-5-14-12(9-25)18(20-2)23-22-14/h7-10H,3,6H2,1-2H3,(H2,20,22,23). The second kappa shape index (κ2) is 5.74. The third-order valence-electron chi connectivity index (χ3n) is 4.57. The number of carbonyl (C=O) groups is 1. The summed E-state index contributed by atoms with van der Waals surface area (Å²) in [5, 5.41) is 9.49. The molecular weight excluding hydrogens is 321 g/mol. The average molecular weight is 337 g/mol. The van der Waals surface area contributed by atoms with Crippen molar-refractivity contribution in [2.45, 2.75) is 25.8 Å². The van der Waals surface area contributed by atoms with Gasteiger partial charge < -0.3 is 9.88 Å². The van der Waals surface area contributed by atoms with E-state index in [2.05, 4.69) is 43.8 Å². The monoisotopic (exact) mass is 337 g/mol. The van der Waals surface area contributed by atoms with E-state index in [0.29, 0.717) is 23.7 Å². The van der Waals surface area contributed by atoms with Gasteiger partial charge in [-0.25, -0.2) is 9.37 Å². The van der Waals surface area contributed by atoms with Crippen molar-refractivity contribution in [3.05, 3.63) is 40.6 Å². The van der Waals surface area contributed by atoms with Gasteiger partial charge in [0.15, 0.2) is 6.29 Å². The molecule has 126 valence electrons. The molecule has 1 atom stereocenters. The largest absolute Gasteiger partial charge is 0.373 e. The van der Waals surface area contributed by atoms with Gasteiger partial charge in [0.2, 0.25) is 0 Å². The molecule has 4 rings (SSSR count). The van der Waals surface area contributed by atoms with Gasteiger partial charge in [0.25, 0.3) is 0 Å². The summed E-state index contributed by atoms with van der Waals surface area (Å²) < 4.78 is 16.6. The first-order valence-corrected chi connectivity index (χ1v) is 8.06. The number of rotatable bonds is 2. The van der Waals surface area contributed by atoms with Gasteiger partial charge in [-0.3, -0.25) is 9.89 Å². The van der Waals surface area contributed by atoms with Gasteiger partial charge >= 0.3 is 0 Å². The lowest BCUT2D eigenvalue weighted by molar-refractivity contribution is 0.112. The Morgan fingerprint density at radius 3 is 3.04 bits per heavy atom. The lowest BCUT2D eigenvalue weighted by Gasteiger charge is -2.07. The average Bonchev–Trinajstić information content (AvgIpc) is 3.27. The summed E-state index contributed by atoms with van der Waals surface area (Å²) in [4.78, 5) is 15.8. The summed E-state index contributed by atoms with van der Waals surface area (Å²) in [6.45, 7) is 2.11. The molecule has 0 saturated heterocycles. The number of aldehydes is 1. The molecule has 7 heteroatoms. The van der Waals surface area contributed by atoms with Crippen LogP contribution in [0.3, 0.4) is 0 Å². The Bertz CT molecular complexity index is 1050. The lowest BCUT2D eigenvalue weighted by atomic mass is 10.1. The van der Waals surface area contributed by atoms with Crippen LogP contribution in [0.1, 0.15) is 46.8 Å². The molecule has 25 heavy (non-hydrogen) atoms. The summed E-state index contributed by atoms with van der Waals surface area (Å²) in [7, 11) is 1.67. The highest BCUT2D eigenvalue weighted by atomic mass is 19.1. The van der Waals surface area contributed by atoms with Crippen LogP contribution in [0.2, 0.25) is 0 Å². The van der Waals surface area contributed by atoms with Gasteiger partial charge in [0.05, 0.1) is 22.2 Å². The lowest BCUT2D eigenvalue weighted by Crippen LogP contribution is -1.98. The maximum absolute atomic E-state index is 14.5. The van der Waals surface area contributed by atoms with E-state index in [1.807, 2.05) is 0 Å². The number of anilines is 1. The maximum atomic E-state index is 14.5. The molecule has 1 aliphatic rings. The van der Waals surface area contributed by atoms with Crippen LogP contribution in [0.5, 0.6) is 0 Å². The first kappa shape index (κ1) is 15.4. The van der Waals surface area contributed by atoms with E-state index < -0.39 is 5.82 Å². The zero-order valence-corrected chi connectivity index (χ0v) is 13.9. The van der Waals surface area contributed by atoms with Crippen molar-refractivity contribution < 1.29 is 9.18 Å². The minimum absolute atomic E-state index is 0.239. The molecule has 2 aromatic heterocycles. The van der Waals surface area contributed by atoms with Crippen LogP contribution in [-0.4, -0.2) is 33.1 Å². The zero-order valence-electron chi connectivity index (χ0n) is 13.9. The third-order valence-corrected chi connectivity index (χ3v) is 4.57. The number of nitrogens with one attached hydrogen (secondary N) is 2. The van der Waals surface area contributed by atoms with E-state index in [9.17, 15) is 9.18 Å². The fourth-order valence-electron chi connectivity index (χ4n) is 3.27. The van der Waals surface area contributed by atoms with E-state index in [1.165, 1.54) is 6.07 Å². The van der Waals surface area contributed by atoms with Crippen LogP contribution in [-0.2, 0) is 6.42 Å². The Balaban J connectivity index is 1.78. The topological polar surface area (TPSA) is 75.6 Å². The normalized spacial score (nSPS) is 15.7. The van der Waals surface area contributed by atoms with Crippen LogP contribution in [0.4, 0.5) is 10.2 Å². The minimum Gasteiger partial charge on any atom is -0.373 e. The fraction of sp³-hybridized carbons (Fsp3) is 0.278. The highest BCUT2D eigenvalue weighted by Crippen LogP contribution is 2.31. The summed E-state index contributed by atoms with van der Waals surface area (Å²) in [5.41, 5.74) is 2.38. The number of halogens is 1. The predicted molar refractivity (Wildman–Crippen MR) is 92.2 cm³/mol. The Morgan fingerprint density at radius 1 is 1.44 bits per heavy atom. The molecule has 1 unspecified atom stereocenters. The van der Waals surface area contributed by atoms with Crippen molar-refractivity contribution in [3.8, 4) is 11.8 Å². The molecule has 0 spiro atoms. The van der Waals surface area contributed by atoms with E-state index >= 15 is 0 Å². The number of fused-ring (bicyclic) bond motifs is 3. The number of carbonyl (C=O) groups excluding carboxylic acids is 1. The highest BCUT2D eigenvalue weighted by molar-refractivity contribution is 5.86. The number of imidazole rings is 1. The van der Waals surface area contributed by atoms with Crippen molar-refractivity contribution >= 4 is 23.1 Å². The Labute approximate surface area is 143 Å². The molecule has 3 aromatic rings. The molecule has 0 aliphatic carbocycles. The van der Waals surface area contributed by atoms with Crippen molar-refractivity contribution in [1.82, 2.24) is 19.7 Å². The van der Waals surface area contributed by atoms with Crippen LogP contribution >= 0.6 is 0 Å². The summed E-state index contributed by atoms with van der Waals surface area (Å²) in [5.74, 6) is 6.59. The summed E-state index contributed by atoms with van der Waals surface area (Å²) in [6.07, 6.45) is 2.60. The highest BCUT2D eigenvalue weighted by Gasteiger charge is 2.23. The first-order valence-electron chi connectivity index (χ1n) is 8.06. The number of benzene rings is 1. The molecule has 0 saturated carbocycles. The molecule has 1 aliphatic heterocycles. The number of aromatic amines is 1. The molecule has 1 aromatic carbocycles. The molecule has 3 heterocycles. The molecule has 0 bridgehead atoms. The van der Waals surface area contributed by atoms with Gasteiger partial charge in [-0.1, -0.05) is 5.92 Å². The van der Waals surface area contributed by atoms with Crippen molar-refractivity contribution in [2.75, 3.05) is 12.4 Å². The van der Waals surface area contributed by atoms with Gasteiger partial charge in [-0.05, 0) is 25.3 Å².